The molecule has 0 amide bonds. The predicted molar refractivity (Wildman–Crippen MR) is 118 cm³/mol. The Morgan fingerprint density at radius 1 is 1.43 bits per heavy atom. The third-order valence-corrected chi connectivity index (χ3v) is 5.62. The van der Waals surface area contributed by atoms with Crippen LogP contribution in [0.15, 0.2) is 46.3 Å². The van der Waals surface area contributed by atoms with Crippen LogP contribution in [0.5, 0.6) is 0 Å². The Kier molecular flexibility index (Phi) is 5.83. The van der Waals surface area contributed by atoms with Crippen LogP contribution in [0.2, 0.25) is 0 Å². The van der Waals surface area contributed by atoms with Crippen molar-refractivity contribution >= 4 is 44.4 Å². The Labute approximate surface area is 182 Å². The first-order valence-electron chi connectivity index (χ1n) is 9.51. The number of fused-ring (bicyclic) bond motifs is 1. The molecule has 2 aromatic heterocycles. The van der Waals surface area contributed by atoms with Gasteiger partial charge in [0.05, 0.1) is 23.7 Å². The lowest BCUT2D eigenvalue weighted by Crippen LogP contribution is -2.59. The fourth-order valence-corrected chi connectivity index (χ4v) is 4.09. The van der Waals surface area contributed by atoms with Crippen molar-refractivity contribution in [1.29, 1.82) is 5.26 Å². The molecule has 1 saturated heterocycles. The number of halogens is 1. The van der Waals surface area contributed by atoms with Crippen molar-refractivity contribution in [3.8, 4) is 6.19 Å². The minimum atomic E-state index is -0.255. The van der Waals surface area contributed by atoms with Crippen molar-refractivity contribution in [2.75, 3.05) is 31.1 Å². The number of rotatable bonds is 3. The van der Waals surface area contributed by atoms with Crippen LogP contribution in [0.25, 0.3) is 11.0 Å². The van der Waals surface area contributed by atoms with Crippen LogP contribution in [0.1, 0.15) is 5.56 Å². The summed E-state index contributed by atoms with van der Waals surface area (Å²) in [7, 11) is 0. The maximum absolute atomic E-state index is 10.1. The van der Waals surface area contributed by atoms with E-state index in [2.05, 4.69) is 46.1 Å². The Hall–Kier alpha value is -3.16. The number of guanidine groups is 1. The standard InChI is InChI=1S/C20H21BrN8O/c1-13-8-23-18-17(13)19(26-12-25-18)28-5-6-29(16(9-28)10-30)20(24-11-22)27-15-4-2-3-14(21)7-15/h2-4,7-8,12,16,30H,5-6,9-10H2,1H3,(H,24,27)(H,23,25,26)/t16-/m1/s1. The molecular formula is C20H21BrN8O. The summed E-state index contributed by atoms with van der Waals surface area (Å²) in [5.41, 5.74) is 2.58. The molecule has 0 bridgehead atoms. The average molecular weight is 469 g/mol. The van der Waals surface area contributed by atoms with Crippen LogP contribution in [0, 0.1) is 18.4 Å². The van der Waals surface area contributed by atoms with E-state index in [1.807, 2.05) is 48.5 Å². The first-order chi connectivity index (χ1) is 14.6. The van der Waals surface area contributed by atoms with Crippen molar-refractivity contribution < 1.29 is 5.11 Å². The SMILES string of the molecule is Cc1c[nH]c2ncnc(N3CCN(C(=Nc4cccc(Br)c4)NC#N)[C@@H](CO)C3)c12. The fraction of sp³-hybridized carbons (Fsp3) is 0.300. The number of nitrogens with zero attached hydrogens (tertiary/aromatic N) is 6. The molecule has 0 spiro atoms. The van der Waals surface area contributed by atoms with Gasteiger partial charge in [0.25, 0.3) is 0 Å². The van der Waals surface area contributed by atoms with Crippen LogP contribution >= 0.6 is 15.9 Å². The zero-order valence-corrected chi connectivity index (χ0v) is 18.0. The first-order valence-corrected chi connectivity index (χ1v) is 10.3. The average Bonchev–Trinajstić information content (AvgIpc) is 3.14. The van der Waals surface area contributed by atoms with Gasteiger partial charge in [-0.1, -0.05) is 22.0 Å². The van der Waals surface area contributed by atoms with Crippen molar-refractivity contribution in [3.05, 3.63) is 46.8 Å². The Morgan fingerprint density at radius 2 is 2.30 bits per heavy atom. The second-order valence-electron chi connectivity index (χ2n) is 7.02. The molecular weight excluding hydrogens is 448 g/mol. The number of benzene rings is 1. The van der Waals surface area contributed by atoms with Gasteiger partial charge in [0.15, 0.2) is 6.19 Å². The van der Waals surface area contributed by atoms with Gasteiger partial charge in [-0.2, -0.15) is 5.26 Å². The number of hydrogen-bond donors (Lipinski definition) is 3. The maximum atomic E-state index is 10.1. The highest BCUT2D eigenvalue weighted by atomic mass is 79.9. The second kappa shape index (κ2) is 8.69. The van der Waals surface area contributed by atoms with Crippen LogP contribution in [0.4, 0.5) is 11.5 Å². The van der Waals surface area contributed by atoms with E-state index in [1.165, 1.54) is 0 Å². The molecule has 10 heteroatoms. The number of hydrogen-bond acceptors (Lipinski definition) is 6. The summed E-state index contributed by atoms with van der Waals surface area (Å²) < 4.78 is 0.901. The smallest absolute Gasteiger partial charge is 0.213 e. The molecule has 30 heavy (non-hydrogen) atoms. The molecule has 0 saturated carbocycles. The van der Waals surface area contributed by atoms with Crippen LogP contribution in [-0.2, 0) is 0 Å². The summed E-state index contributed by atoms with van der Waals surface area (Å²) >= 11 is 3.44. The summed E-state index contributed by atoms with van der Waals surface area (Å²) in [6.45, 7) is 3.71. The number of aliphatic imine (C=N–C) groups is 1. The lowest BCUT2D eigenvalue weighted by atomic mass is 10.1. The third-order valence-electron chi connectivity index (χ3n) is 5.12. The quantitative estimate of drug-likeness (QED) is 0.233. The maximum Gasteiger partial charge on any atom is 0.213 e. The van der Waals surface area contributed by atoms with Crippen LogP contribution in [0.3, 0.4) is 0 Å². The number of aliphatic hydroxyl groups is 1. The summed E-state index contributed by atoms with van der Waals surface area (Å²) in [5, 5.41) is 23.0. The number of anilines is 1. The number of aromatic amines is 1. The summed E-state index contributed by atoms with van der Waals surface area (Å²) in [5.74, 6) is 1.26. The van der Waals surface area contributed by atoms with E-state index in [4.69, 9.17) is 0 Å². The van der Waals surface area contributed by atoms with Gasteiger partial charge in [0.2, 0.25) is 5.96 Å². The monoisotopic (exact) mass is 468 g/mol. The number of aliphatic hydroxyl groups excluding tert-OH is 1. The molecule has 0 aliphatic carbocycles. The van der Waals surface area contributed by atoms with Gasteiger partial charge < -0.3 is 19.9 Å². The number of aryl methyl sites for hydroxylation is 1. The molecule has 3 N–H and O–H groups in total. The van der Waals surface area contributed by atoms with Gasteiger partial charge in [-0.15, -0.1) is 0 Å². The van der Waals surface area contributed by atoms with E-state index >= 15 is 0 Å². The molecule has 154 valence electrons. The van der Waals surface area contributed by atoms with Gasteiger partial charge in [0, 0.05) is 30.3 Å². The number of H-pyrrole nitrogens is 1. The lowest BCUT2D eigenvalue weighted by molar-refractivity contribution is 0.165. The Morgan fingerprint density at radius 3 is 3.07 bits per heavy atom. The topological polar surface area (TPSA) is 116 Å². The number of aromatic nitrogens is 3. The Bertz CT molecular complexity index is 1120. The van der Waals surface area contributed by atoms with E-state index in [0.717, 1.165) is 26.9 Å². The minimum Gasteiger partial charge on any atom is -0.394 e. The lowest BCUT2D eigenvalue weighted by Gasteiger charge is -2.42. The third kappa shape index (κ3) is 3.94. The molecule has 1 atom stereocenters. The van der Waals surface area contributed by atoms with E-state index in [-0.39, 0.29) is 12.6 Å². The minimum absolute atomic E-state index is 0.0819. The predicted octanol–water partition coefficient (Wildman–Crippen LogP) is 2.27. The number of nitriles is 1. The highest BCUT2D eigenvalue weighted by Gasteiger charge is 2.31. The fourth-order valence-electron chi connectivity index (χ4n) is 3.70. The zero-order valence-electron chi connectivity index (χ0n) is 16.4. The first kappa shape index (κ1) is 20.1. The van der Waals surface area contributed by atoms with Crippen molar-refractivity contribution in [3.63, 3.8) is 0 Å². The zero-order chi connectivity index (χ0) is 21.1. The normalized spacial score (nSPS) is 17.3. The highest BCUT2D eigenvalue weighted by molar-refractivity contribution is 9.10. The summed E-state index contributed by atoms with van der Waals surface area (Å²) in [6.07, 6.45) is 5.43. The molecule has 3 heterocycles. The van der Waals surface area contributed by atoms with Gasteiger partial charge in [0.1, 0.15) is 17.8 Å². The largest absolute Gasteiger partial charge is 0.394 e. The molecule has 3 aromatic rings. The van der Waals surface area contributed by atoms with Crippen LogP contribution in [-0.4, -0.2) is 63.2 Å². The van der Waals surface area contributed by atoms with E-state index in [0.29, 0.717) is 31.3 Å². The molecule has 1 aliphatic rings. The van der Waals surface area contributed by atoms with Gasteiger partial charge in [-0.05, 0) is 30.7 Å². The van der Waals surface area contributed by atoms with Crippen molar-refractivity contribution in [2.24, 2.45) is 4.99 Å². The molecule has 9 nitrogen and oxygen atoms in total. The Balaban J connectivity index is 1.62. The van der Waals surface area contributed by atoms with E-state index < -0.39 is 0 Å². The van der Waals surface area contributed by atoms with Crippen molar-refractivity contribution in [1.82, 2.24) is 25.2 Å². The molecule has 0 radical (unpaired) electrons. The van der Waals surface area contributed by atoms with Crippen molar-refractivity contribution in [2.45, 2.75) is 13.0 Å². The molecule has 1 aliphatic heterocycles. The van der Waals surface area contributed by atoms with Gasteiger partial charge in [-0.25, -0.2) is 15.0 Å². The van der Waals surface area contributed by atoms with E-state index in [9.17, 15) is 10.4 Å². The van der Waals surface area contributed by atoms with E-state index in [1.54, 1.807) is 6.33 Å². The number of nitrogens with one attached hydrogen (secondary N) is 2. The second-order valence-corrected chi connectivity index (χ2v) is 7.94. The summed E-state index contributed by atoms with van der Waals surface area (Å²) in [4.78, 5) is 20.6. The molecule has 1 aromatic carbocycles. The van der Waals surface area contributed by atoms with Gasteiger partial charge >= 0.3 is 0 Å². The number of piperazine rings is 1. The molecule has 4 rings (SSSR count). The van der Waals surface area contributed by atoms with Crippen LogP contribution < -0.4 is 10.2 Å². The summed E-state index contributed by atoms with van der Waals surface area (Å²) in [6, 6.07) is 7.27. The molecule has 0 unspecified atom stereocenters. The molecule has 1 fully saturated rings. The highest BCUT2D eigenvalue weighted by Crippen LogP contribution is 2.28. The van der Waals surface area contributed by atoms with Gasteiger partial charge in [-0.3, -0.25) is 5.32 Å².